The Labute approximate surface area is 272 Å². The third-order valence-corrected chi connectivity index (χ3v) is 10.5. The minimum atomic E-state index is 0.301. The van der Waals surface area contributed by atoms with Crippen LogP contribution < -0.4 is 0 Å². The zero-order valence-corrected chi connectivity index (χ0v) is 26.4. The van der Waals surface area contributed by atoms with Crippen molar-refractivity contribution in [3.63, 3.8) is 0 Å². The average Bonchev–Trinajstić information content (AvgIpc) is 3.14. The quantitative estimate of drug-likeness (QED) is 0.312. The summed E-state index contributed by atoms with van der Waals surface area (Å²) in [5.41, 5.74) is 15.9. The van der Waals surface area contributed by atoms with E-state index < -0.39 is 0 Å². The fraction of sp³-hybridized carbons (Fsp3) is 0.227. The highest BCUT2D eigenvalue weighted by molar-refractivity contribution is 6.01. The van der Waals surface area contributed by atoms with Crippen LogP contribution in [0.25, 0.3) is 22.4 Å². The molecule has 0 saturated heterocycles. The second kappa shape index (κ2) is 12.2. The summed E-state index contributed by atoms with van der Waals surface area (Å²) in [6.07, 6.45) is 41.7. The van der Waals surface area contributed by atoms with Crippen LogP contribution in [0.5, 0.6) is 0 Å². The Kier molecular flexibility index (Phi) is 7.58. The van der Waals surface area contributed by atoms with E-state index in [1.807, 2.05) is 0 Å². The van der Waals surface area contributed by atoms with Crippen LogP contribution in [0.2, 0.25) is 0 Å². The lowest BCUT2D eigenvalue weighted by Crippen LogP contribution is -2.21. The SMILES string of the molecule is N=CC1=CC(C2=CCCC(C3=Cc4c(cc(C5=CC(C6=CCCC(C=N)=C6)=CCC5)c5ccccc45)C4C=CC=CC34)=C2)=CCC1. The largest absolute Gasteiger partial charge is 0.308 e. The van der Waals surface area contributed by atoms with Gasteiger partial charge in [0, 0.05) is 24.3 Å². The fourth-order valence-electron chi connectivity index (χ4n) is 8.21. The molecule has 0 fully saturated rings. The maximum atomic E-state index is 7.79. The average molecular weight is 597 g/mol. The molecule has 0 heterocycles. The van der Waals surface area contributed by atoms with Crippen LogP contribution in [0, 0.1) is 16.7 Å². The van der Waals surface area contributed by atoms with Gasteiger partial charge < -0.3 is 10.8 Å². The topological polar surface area (TPSA) is 47.7 Å². The molecule has 6 aliphatic rings. The summed E-state index contributed by atoms with van der Waals surface area (Å²) in [4.78, 5) is 0. The van der Waals surface area contributed by atoms with Crippen molar-refractivity contribution in [3.8, 4) is 0 Å². The van der Waals surface area contributed by atoms with Gasteiger partial charge in [-0.15, -0.1) is 0 Å². The molecule has 0 bridgehead atoms. The van der Waals surface area contributed by atoms with Crippen LogP contribution in [0.15, 0.2) is 148 Å². The molecule has 2 atom stereocenters. The van der Waals surface area contributed by atoms with E-state index in [1.54, 1.807) is 0 Å². The summed E-state index contributed by atoms with van der Waals surface area (Å²) in [5, 5.41) is 18.3. The molecule has 6 aliphatic carbocycles. The Morgan fingerprint density at radius 3 is 1.76 bits per heavy atom. The monoisotopic (exact) mass is 596 g/mol. The first-order chi connectivity index (χ1) is 22.7. The zero-order valence-electron chi connectivity index (χ0n) is 26.4. The first-order valence-electron chi connectivity index (χ1n) is 17.0. The van der Waals surface area contributed by atoms with Gasteiger partial charge in [0.1, 0.15) is 0 Å². The first kappa shape index (κ1) is 28.6. The summed E-state index contributed by atoms with van der Waals surface area (Å²) in [6, 6.07) is 11.6. The van der Waals surface area contributed by atoms with Gasteiger partial charge in [-0.3, -0.25) is 0 Å². The van der Waals surface area contributed by atoms with Crippen LogP contribution >= 0.6 is 0 Å². The Hall–Kier alpha value is -4.82. The summed E-state index contributed by atoms with van der Waals surface area (Å²) >= 11 is 0. The molecule has 2 N–H and O–H groups in total. The predicted molar refractivity (Wildman–Crippen MR) is 195 cm³/mol. The van der Waals surface area contributed by atoms with Crippen LogP contribution in [-0.2, 0) is 0 Å². The van der Waals surface area contributed by atoms with E-state index in [9.17, 15) is 0 Å². The van der Waals surface area contributed by atoms with Gasteiger partial charge in [-0.25, -0.2) is 0 Å². The van der Waals surface area contributed by atoms with Crippen molar-refractivity contribution in [3.05, 3.63) is 165 Å². The second-order valence-corrected chi connectivity index (χ2v) is 13.3. The molecule has 0 aromatic heterocycles. The van der Waals surface area contributed by atoms with E-state index in [0.717, 1.165) is 62.5 Å². The Morgan fingerprint density at radius 2 is 1.11 bits per heavy atom. The third-order valence-electron chi connectivity index (χ3n) is 10.5. The number of fused-ring (bicyclic) bond motifs is 5. The summed E-state index contributed by atoms with van der Waals surface area (Å²) in [6.45, 7) is 0. The molecule has 0 radical (unpaired) electrons. The molecule has 2 aromatic carbocycles. The Morgan fingerprint density at radius 1 is 0.565 bits per heavy atom. The van der Waals surface area contributed by atoms with Gasteiger partial charge in [0.05, 0.1) is 0 Å². The highest BCUT2D eigenvalue weighted by Gasteiger charge is 2.33. The molecular formula is C44H40N2. The molecule has 2 nitrogen and oxygen atoms in total. The Bertz CT molecular complexity index is 2020. The zero-order chi connectivity index (χ0) is 31.0. The second-order valence-electron chi connectivity index (χ2n) is 13.3. The molecule has 0 aliphatic heterocycles. The number of allylic oxidation sites excluding steroid dienone is 21. The number of benzene rings is 2. The van der Waals surface area contributed by atoms with Crippen molar-refractivity contribution in [1.82, 2.24) is 0 Å². The minimum Gasteiger partial charge on any atom is -0.308 e. The molecule has 2 aromatic rings. The van der Waals surface area contributed by atoms with Crippen molar-refractivity contribution < 1.29 is 0 Å². The minimum absolute atomic E-state index is 0.301. The third kappa shape index (κ3) is 5.16. The molecule has 0 saturated carbocycles. The van der Waals surface area contributed by atoms with Gasteiger partial charge >= 0.3 is 0 Å². The van der Waals surface area contributed by atoms with E-state index in [0.29, 0.717) is 11.8 Å². The van der Waals surface area contributed by atoms with E-state index in [1.165, 1.54) is 78.9 Å². The number of rotatable bonds is 6. The number of hydrogen-bond acceptors (Lipinski definition) is 2. The van der Waals surface area contributed by atoms with E-state index >= 15 is 0 Å². The normalized spacial score (nSPS) is 23.7. The highest BCUT2D eigenvalue weighted by Crippen LogP contribution is 2.49. The van der Waals surface area contributed by atoms with Crippen LogP contribution in [-0.4, -0.2) is 12.4 Å². The smallest absolute Gasteiger partial charge is 0.0210 e. The predicted octanol–water partition coefficient (Wildman–Crippen LogP) is 11.4. The van der Waals surface area contributed by atoms with Crippen LogP contribution in [0.4, 0.5) is 0 Å². The van der Waals surface area contributed by atoms with Gasteiger partial charge in [0.2, 0.25) is 0 Å². The number of hydrogen-bond donors (Lipinski definition) is 2. The molecule has 2 unspecified atom stereocenters. The standard InChI is InChI=1S/C44H40N2/c45-27-29-9-5-11-31(21-29)33-13-7-15-35(23-33)41-25-44-40-20-4-2-18-38(40)42(26-43(44)39-19-3-1-17-37(39)41)36-16-8-14-34(24-36)32-12-6-10-30(22-32)28-46/h1-4,11-14,17-28,37,39,45-46H,5-10,15-16H2. The maximum absolute atomic E-state index is 7.79. The Balaban J connectivity index is 1.24. The summed E-state index contributed by atoms with van der Waals surface area (Å²) in [7, 11) is 0. The van der Waals surface area contributed by atoms with E-state index in [2.05, 4.69) is 109 Å². The van der Waals surface area contributed by atoms with Crippen molar-refractivity contribution in [2.75, 3.05) is 0 Å². The maximum Gasteiger partial charge on any atom is 0.0210 e. The summed E-state index contributed by atoms with van der Waals surface area (Å²) in [5.74, 6) is 0.619. The molecule has 0 amide bonds. The molecular weight excluding hydrogens is 556 g/mol. The van der Waals surface area contributed by atoms with Crippen molar-refractivity contribution in [1.29, 1.82) is 10.8 Å². The van der Waals surface area contributed by atoms with Crippen molar-refractivity contribution >= 4 is 34.9 Å². The lowest BCUT2D eigenvalue weighted by Gasteiger charge is -2.35. The van der Waals surface area contributed by atoms with Gasteiger partial charge in [0.25, 0.3) is 0 Å². The summed E-state index contributed by atoms with van der Waals surface area (Å²) < 4.78 is 0. The molecule has 8 rings (SSSR count). The van der Waals surface area contributed by atoms with Crippen molar-refractivity contribution in [2.45, 2.75) is 57.3 Å². The van der Waals surface area contributed by atoms with E-state index in [-0.39, 0.29) is 0 Å². The highest BCUT2D eigenvalue weighted by atomic mass is 14.4. The number of nitrogens with one attached hydrogen (secondary N) is 2. The lowest BCUT2D eigenvalue weighted by molar-refractivity contribution is 0.653. The van der Waals surface area contributed by atoms with Gasteiger partial charge in [-0.05, 0) is 153 Å². The van der Waals surface area contributed by atoms with Crippen LogP contribution in [0.1, 0.15) is 74.0 Å². The van der Waals surface area contributed by atoms with Gasteiger partial charge in [-0.1, -0.05) is 85.0 Å². The molecule has 2 heteroatoms. The van der Waals surface area contributed by atoms with Crippen LogP contribution in [0.3, 0.4) is 0 Å². The fourth-order valence-corrected chi connectivity index (χ4v) is 8.21. The van der Waals surface area contributed by atoms with Crippen molar-refractivity contribution in [2.24, 2.45) is 5.92 Å². The molecule has 0 spiro atoms. The lowest BCUT2D eigenvalue weighted by atomic mass is 9.68. The van der Waals surface area contributed by atoms with Gasteiger partial charge in [-0.2, -0.15) is 0 Å². The van der Waals surface area contributed by atoms with E-state index in [4.69, 9.17) is 10.8 Å². The van der Waals surface area contributed by atoms with Gasteiger partial charge in [0.15, 0.2) is 0 Å². The first-order valence-corrected chi connectivity index (χ1v) is 17.0. The molecule has 46 heavy (non-hydrogen) atoms. The molecule has 226 valence electrons.